The summed E-state index contributed by atoms with van der Waals surface area (Å²) in [4.78, 5) is 34.8. The average Bonchev–Trinajstić information content (AvgIpc) is 2.41. The number of allylic oxidation sites excluding steroid dienone is 2. The van der Waals surface area contributed by atoms with E-state index in [1.807, 2.05) is 0 Å². The number of carbonyl (C=O) groups is 3. The Bertz CT molecular complexity index is 431. The largest absolute Gasteiger partial charge is 0.488 e. The van der Waals surface area contributed by atoms with Crippen molar-refractivity contribution in [1.82, 2.24) is 0 Å². The Kier molecular flexibility index (Phi) is 5.99. The van der Waals surface area contributed by atoms with Crippen LogP contribution in [0.4, 0.5) is 0 Å². The molecule has 0 saturated heterocycles. The number of unbranched alkanes of at least 4 members (excludes halogenated alkanes) is 3. The second kappa shape index (κ2) is 7.51. The lowest BCUT2D eigenvalue weighted by molar-refractivity contribution is -0.138. The van der Waals surface area contributed by atoms with Crippen LogP contribution in [0.2, 0.25) is 0 Å². The zero-order valence-electron chi connectivity index (χ0n) is 11.2. The van der Waals surface area contributed by atoms with Gasteiger partial charge >= 0.3 is 5.97 Å². The molecule has 0 spiro atoms. The van der Waals surface area contributed by atoms with Gasteiger partial charge in [0, 0.05) is 0 Å². The van der Waals surface area contributed by atoms with Crippen molar-refractivity contribution in [3.63, 3.8) is 0 Å². The van der Waals surface area contributed by atoms with Gasteiger partial charge in [-0.2, -0.15) is 0 Å². The summed E-state index contributed by atoms with van der Waals surface area (Å²) in [7, 11) is 1.16. The van der Waals surface area contributed by atoms with Gasteiger partial charge in [-0.25, -0.2) is 4.79 Å². The van der Waals surface area contributed by atoms with Crippen molar-refractivity contribution in [2.75, 3.05) is 13.7 Å². The second-order valence-electron chi connectivity index (χ2n) is 4.17. The van der Waals surface area contributed by atoms with Gasteiger partial charge < -0.3 is 9.47 Å². The highest BCUT2D eigenvalue weighted by Gasteiger charge is 2.30. The van der Waals surface area contributed by atoms with Gasteiger partial charge in [-0.15, -0.1) is 0 Å². The van der Waals surface area contributed by atoms with E-state index in [2.05, 4.69) is 11.7 Å². The Morgan fingerprint density at radius 1 is 1.11 bits per heavy atom. The standard InChI is InChI=1S/C14H18O5/c1-3-4-5-6-9-19-13-11(16)8-7-10(15)12(13)14(17)18-2/h7-8H,3-6,9H2,1-2H3. The topological polar surface area (TPSA) is 69.7 Å². The molecule has 0 fully saturated rings. The zero-order valence-corrected chi connectivity index (χ0v) is 11.2. The molecule has 0 heterocycles. The molecule has 1 aliphatic carbocycles. The van der Waals surface area contributed by atoms with Gasteiger partial charge in [-0.1, -0.05) is 26.2 Å². The van der Waals surface area contributed by atoms with Crippen LogP contribution in [0.25, 0.3) is 0 Å². The maximum absolute atomic E-state index is 11.7. The first-order valence-electron chi connectivity index (χ1n) is 6.34. The minimum absolute atomic E-state index is 0.198. The molecule has 0 aromatic carbocycles. The highest BCUT2D eigenvalue weighted by Crippen LogP contribution is 2.17. The molecular formula is C14H18O5. The summed E-state index contributed by atoms with van der Waals surface area (Å²) >= 11 is 0. The maximum Gasteiger partial charge on any atom is 0.345 e. The maximum atomic E-state index is 11.7. The van der Waals surface area contributed by atoms with Crippen LogP contribution in [0.3, 0.4) is 0 Å². The summed E-state index contributed by atoms with van der Waals surface area (Å²) < 4.78 is 9.80. The molecule has 5 heteroatoms. The van der Waals surface area contributed by atoms with Crippen molar-refractivity contribution in [2.45, 2.75) is 32.6 Å². The zero-order chi connectivity index (χ0) is 14.3. The molecule has 0 N–H and O–H groups in total. The smallest absolute Gasteiger partial charge is 0.345 e. The van der Waals surface area contributed by atoms with Crippen LogP contribution in [0.1, 0.15) is 32.6 Å². The molecule has 0 atom stereocenters. The Hall–Kier alpha value is -1.91. The van der Waals surface area contributed by atoms with Crippen LogP contribution in [0.15, 0.2) is 23.5 Å². The van der Waals surface area contributed by atoms with Crippen molar-refractivity contribution < 1.29 is 23.9 Å². The lowest BCUT2D eigenvalue weighted by atomic mass is 10.0. The fourth-order valence-corrected chi connectivity index (χ4v) is 1.69. The summed E-state index contributed by atoms with van der Waals surface area (Å²) in [6.45, 7) is 2.40. The molecule has 1 rings (SSSR count). The molecule has 0 saturated carbocycles. The molecular weight excluding hydrogens is 248 g/mol. The minimum atomic E-state index is -0.841. The predicted octanol–water partition coefficient (Wildman–Crippen LogP) is 1.72. The summed E-state index contributed by atoms with van der Waals surface area (Å²) in [5.74, 6) is -2.08. The molecule has 19 heavy (non-hydrogen) atoms. The fourth-order valence-electron chi connectivity index (χ4n) is 1.69. The summed E-state index contributed by atoms with van der Waals surface area (Å²) in [5, 5.41) is 0. The van der Waals surface area contributed by atoms with E-state index in [0.29, 0.717) is 6.61 Å². The van der Waals surface area contributed by atoms with Crippen LogP contribution in [-0.4, -0.2) is 31.3 Å². The van der Waals surface area contributed by atoms with E-state index < -0.39 is 17.5 Å². The van der Waals surface area contributed by atoms with Gasteiger partial charge in [0.15, 0.2) is 17.1 Å². The Balaban J connectivity index is 2.74. The van der Waals surface area contributed by atoms with Crippen molar-refractivity contribution >= 4 is 17.5 Å². The quantitative estimate of drug-likeness (QED) is 0.304. The van der Waals surface area contributed by atoms with Crippen LogP contribution in [0, 0.1) is 0 Å². The molecule has 0 bridgehead atoms. The summed E-state index contributed by atoms with van der Waals surface area (Å²) in [6.07, 6.45) is 6.09. The van der Waals surface area contributed by atoms with Crippen molar-refractivity contribution in [1.29, 1.82) is 0 Å². The Morgan fingerprint density at radius 3 is 2.42 bits per heavy atom. The number of esters is 1. The van der Waals surface area contributed by atoms with Crippen molar-refractivity contribution in [3.8, 4) is 0 Å². The second-order valence-corrected chi connectivity index (χ2v) is 4.17. The third-order valence-electron chi connectivity index (χ3n) is 2.72. The first kappa shape index (κ1) is 15.1. The summed E-state index contributed by atoms with van der Waals surface area (Å²) in [5.41, 5.74) is -0.314. The predicted molar refractivity (Wildman–Crippen MR) is 68.3 cm³/mol. The molecule has 5 nitrogen and oxygen atoms in total. The van der Waals surface area contributed by atoms with Crippen molar-refractivity contribution in [3.05, 3.63) is 23.5 Å². The number of hydrogen-bond donors (Lipinski definition) is 0. The molecule has 0 radical (unpaired) electrons. The van der Waals surface area contributed by atoms with Crippen LogP contribution in [0.5, 0.6) is 0 Å². The van der Waals surface area contributed by atoms with Gasteiger partial charge in [0.2, 0.25) is 5.78 Å². The average molecular weight is 266 g/mol. The van der Waals surface area contributed by atoms with Gasteiger partial charge in [0.05, 0.1) is 13.7 Å². The molecule has 0 unspecified atom stereocenters. The number of ether oxygens (including phenoxy) is 2. The highest BCUT2D eigenvalue weighted by atomic mass is 16.5. The minimum Gasteiger partial charge on any atom is -0.488 e. The van der Waals surface area contributed by atoms with E-state index >= 15 is 0 Å². The van der Waals surface area contributed by atoms with E-state index in [0.717, 1.165) is 44.9 Å². The molecule has 104 valence electrons. The number of methoxy groups -OCH3 is 1. The molecule has 1 aliphatic rings. The van der Waals surface area contributed by atoms with Crippen molar-refractivity contribution in [2.24, 2.45) is 0 Å². The lowest BCUT2D eigenvalue weighted by Crippen LogP contribution is -2.23. The number of hydrogen-bond acceptors (Lipinski definition) is 5. The van der Waals surface area contributed by atoms with Crippen LogP contribution < -0.4 is 0 Å². The Morgan fingerprint density at radius 2 is 1.79 bits per heavy atom. The van der Waals surface area contributed by atoms with E-state index in [-0.39, 0.29) is 11.3 Å². The normalized spacial score (nSPS) is 14.8. The van der Waals surface area contributed by atoms with E-state index in [9.17, 15) is 14.4 Å². The van der Waals surface area contributed by atoms with E-state index in [1.54, 1.807) is 0 Å². The third kappa shape index (κ3) is 4.05. The Labute approximate surface area is 112 Å². The first-order valence-corrected chi connectivity index (χ1v) is 6.34. The van der Waals surface area contributed by atoms with Gasteiger partial charge in [-0.05, 0) is 18.6 Å². The van der Waals surface area contributed by atoms with Gasteiger partial charge in [0.25, 0.3) is 0 Å². The van der Waals surface area contributed by atoms with E-state index in [4.69, 9.17) is 4.74 Å². The SMILES string of the molecule is CCCCCCOC1=C(C(=O)OC)C(=O)C=CC1=O. The van der Waals surface area contributed by atoms with Gasteiger partial charge in [-0.3, -0.25) is 9.59 Å². The van der Waals surface area contributed by atoms with Crippen LogP contribution >= 0.6 is 0 Å². The van der Waals surface area contributed by atoms with Crippen LogP contribution in [-0.2, 0) is 23.9 Å². The third-order valence-corrected chi connectivity index (χ3v) is 2.72. The highest BCUT2D eigenvalue weighted by molar-refractivity contribution is 6.30. The number of rotatable bonds is 7. The fraction of sp³-hybridized carbons (Fsp3) is 0.500. The summed E-state index contributed by atoms with van der Waals surface area (Å²) in [6, 6.07) is 0. The lowest BCUT2D eigenvalue weighted by Gasteiger charge is -2.14. The first-order chi connectivity index (χ1) is 9.11. The molecule has 0 aromatic rings. The monoisotopic (exact) mass is 266 g/mol. The number of carbonyl (C=O) groups excluding carboxylic acids is 3. The number of ketones is 2. The molecule has 0 aromatic heterocycles. The molecule has 0 amide bonds. The van der Waals surface area contributed by atoms with E-state index in [1.165, 1.54) is 0 Å². The molecule has 0 aliphatic heterocycles. The van der Waals surface area contributed by atoms with Gasteiger partial charge in [0.1, 0.15) is 0 Å².